The van der Waals surface area contributed by atoms with Crippen molar-refractivity contribution in [1.82, 2.24) is 19.6 Å². The molecule has 1 aromatic carbocycles. The first-order valence-corrected chi connectivity index (χ1v) is 5.82. The van der Waals surface area contributed by atoms with Crippen LogP contribution in [0.1, 0.15) is 12.7 Å². The van der Waals surface area contributed by atoms with Crippen LogP contribution in [0.15, 0.2) is 41.2 Å². The molecule has 0 atom stereocenters. The molecule has 2 heterocycles. The number of benzene rings is 1. The topological polar surface area (TPSA) is 63.0 Å². The van der Waals surface area contributed by atoms with Gasteiger partial charge in [-0.1, -0.05) is 37.3 Å². The predicted molar refractivity (Wildman–Crippen MR) is 68.4 cm³/mol. The molecule has 5 heteroatoms. The third kappa shape index (κ3) is 1.60. The van der Waals surface area contributed by atoms with Crippen molar-refractivity contribution in [2.24, 2.45) is 0 Å². The van der Waals surface area contributed by atoms with Crippen molar-refractivity contribution in [2.75, 3.05) is 0 Å². The van der Waals surface area contributed by atoms with Crippen LogP contribution in [0.2, 0.25) is 0 Å². The number of nitrogens with zero attached hydrogens (tertiary/aromatic N) is 3. The minimum atomic E-state index is -0.242. The largest absolute Gasteiger partial charge is 0.349 e. The van der Waals surface area contributed by atoms with Crippen molar-refractivity contribution in [3.63, 3.8) is 0 Å². The molecule has 0 bridgehead atoms. The number of aromatic amines is 1. The molecule has 18 heavy (non-hydrogen) atoms. The molecule has 0 radical (unpaired) electrons. The van der Waals surface area contributed by atoms with Gasteiger partial charge in [-0.2, -0.15) is 5.10 Å². The summed E-state index contributed by atoms with van der Waals surface area (Å²) in [4.78, 5) is 16.1. The van der Waals surface area contributed by atoms with E-state index in [-0.39, 0.29) is 5.69 Å². The van der Waals surface area contributed by atoms with E-state index in [0.717, 1.165) is 11.3 Å². The summed E-state index contributed by atoms with van der Waals surface area (Å²) in [7, 11) is 0. The maximum Gasteiger partial charge on any atom is 0.349 e. The van der Waals surface area contributed by atoms with Gasteiger partial charge < -0.3 is 0 Å². The second-order valence-electron chi connectivity index (χ2n) is 4.00. The number of fused-ring (bicyclic) bond motifs is 1. The quantitative estimate of drug-likeness (QED) is 0.740. The number of hydrogen-bond donors (Lipinski definition) is 1. The van der Waals surface area contributed by atoms with E-state index in [1.54, 1.807) is 0 Å². The summed E-state index contributed by atoms with van der Waals surface area (Å²) in [6, 6.07) is 11.7. The fourth-order valence-electron chi connectivity index (χ4n) is 1.99. The molecule has 0 aliphatic heterocycles. The summed E-state index contributed by atoms with van der Waals surface area (Å²) in [6.07, 6.45) is 0.677. The number of nitrogens with one attached hydrogen (secondary N) is 1. The van der Waals surface area contributed by atoms with Crippen molar-refractivity contribution in [3.8, 4) is 11.3 Å². The van der Waals surface area contributed by atoms with Gasteiger partial charge in [0.05, 0.1) is 5.69 Å². The summed E-state index contributed by atoms with van der Waals surface area (Å²) in [5.41, 5.74) is 2.21. The highest BCUT2D eigenvalue weighted by Gasteiger charge is 2.09. The van der Waals surface area contributed by atoms with Crippen molar-refractivity contribution in [1.29, 1.82) is 0 Å². The minimum Gasteiger partial charge on any atom is -0.246 e. The zero-order valence-electron chi connectivity index (χ0n) is 9.92. The number of H-pyrrole nitrogens is 1. The van der Waals surface area contributed by atoms with Crippen LogP contribution in [0.4, 0.5) is 0 Å². The molecule has 90 valence electrons. The first-order valence-electron chi connectivity index (χ1n) is 5.82. The minimum absolute atomic E-state index is 0.242. The summed E-state index contributed by atoms with van der Waals surface area (Å²) in [5, 5.41) is 6.45. The highest BCUT2D eigenvalue weighted by Crippen LogP contribution is 2.18. The molecule has 1 N–H and O–H groups in total. The Balaban J connectivity index is 2.30. The zero-order valence-corrected chi connectivity index (χ0v) is 9.92. The van der Waals surface area contributed by atoms with Crippen LogP contribution in [-0.2, 0) is 6.42 Å². The Kier molecular flexibility index (Phi) is 2.44. The van der Waals surface area contributed by atoms with Gasteiger partial charge in [0.1, 0.15) is 5.82 Å². The van der Waals surface area contributed by atoms with E-state index >= 15 is 0 Å². The Hall–Kier alpha value is -2.43. The third-order valence-electron chi connectivity index (χ3n) is 2.86. The summed E-state index contributed by atoms with van der Waals surface area (Å²) in [5.74, 6) is 0.713. The number of aromatic nitrogens is 4. The SMILES string of the molecule is CCc1nc(-c2ccccc2)cc2n[nH]c(=O)n12. The highest BCUT2D eigenvalue weighted by molar-refractivity contribution is 5.63. The lowest BCUT2D eigenvalue weighted by molar-refractivity contribution is 0.870. The lowest BCUT2D eigenvalue weighted by Gasteiger charge is -2.05. The fourth-order valence-corrected chi connectivity index (χ4v) is 1.99. The monoisotopic (exact) mass is 240 g/mol. The Labute approximate surface area is 103 Å². The van der Waals surface area contributed by atoms with Gasteiger partial charge >= 0.3 is 5.69 Å². The average molecular weight is 240 g/mol. The van der Waals surface area contributed by atoms with E-state index in [9.17, 15) is 4.79 Å². The van der Waals surface area contributed by atoms with E-state index in [0.29, 0.717) is 17.9 Å². The molecule has 0 aliphatic carbocycles. The lowest BCUT2D eigenvalue weighted by atomic mass is 10.1. The highest BCUT2D eigenvalue weighted by atomic mass is 16.1. The molecule has 0 fully saturated rings. The summed E-state index contributed by atoms with van der Waals surface area (Å²) >= 11 is 0. The predicted octanol–water partition coefficient (Wildman–Crippen LogP) is 1.65. The Morgan fingerprint density at radius 2 is 2.06 bits per heavy atom. The van der Waals surface area contributed by atoms with Crippen LogP contribution in [0.3, 0.4) is 0 Å². The Bertz CT molecular complexity index is 743. The van der Waals surface area contributed by atoms with Gasteiger partial charge in [0.2, 0.25) is 0 Å². The maximum absolute atomic E-state index is 11.6. The first kappa shape index (κ1) is 10.7. The van der Waals surface area contributed by atoms with E-state index in [4.69, 9.17) is 0 Å². The standard InChI is InChI=1S/C13H12N4O/c1-2-11-14-10(9-6-4-3-5-7-9)8-12-15-16-13(18)17(11)12/h3-8H,2H2,1H3,(H,16,18). The van der Waals surface area contributed by atoms with Crippen molar-refractivity contribution >= 4 is 5.65 Å². The Morgan fingerprint density at radius 1 is 1.28 bits per heavy atom. The van der Waals surface area contributed by atoms with Crippen molar-refractivity contribution < 1.29 is 0 Å². The van der Waals surface area contributed by atoms with E-state index in [2.05, 4.69) is 15.2 Å². The second kappa shape index (κ2) is 4.10. The average Bonchev–Trinajstić information content (AvgIpc) is 2.81. The molecular weight excluding hydrogens is 228 g/mol. The number of aryl methyl sites for hydroxylation is 1. The molecule has 3 rings (SSSR count). The van der Waals surface area contributed by atoms with Gasteiger partial charge in [-0.3, -0.25) is 0 Å². The smallest absolute Gasteiger partial charge is 0.246 e. The summed E-state index contributed by atoms with van der Waals surface area (Å²) in [6.45, 7) is 1.97. The molecule has 0 saturated heterocycles. The van der Waals surface area contributed by atoms with Crippen LogP contribution in [0, 0.1) is 0 Å². The molecule has 0 amide bonds. The molecular formula is C13H12N4O. The molecule has 2 aromatic heterocycles. The van der Waals surface area contributed by atoms with E-state index in [1.165, 1.54) is 4.40 Å². The number of hydrogen-bond acceptors (Lipinski definition) is 3. The van der Waals surface area contributed by atoms with Crippen LogP contribution in [-0.4, -0.2) is 19.6 Å². The lowest BCUT2D eigenvalue weighted by Crippen LogP contribution is -2.15. The van der Waals surface area contributed by atoms with Crippen molar-refractivity contribution in [2.45, 2.75) is 13.3 Å². The molecule has 5 nitrogen and oxygen atoms in total. The van der Waals surface area contributed by atoms with Crippen LogP contribution < -0.4 is 5.69 Å². The van der Waals surface area contributed by atoms with Gasteiger partial charge in [-0.25, -0.2) is 19.3 Å². The molecule has 0 spiro atoms. The van der Waals surface area contributed by atoms with Crippen LogP contribution in [0.5, 0.6) is 0 Å². The third-order valence-corrected chi connectivity index (χ3v) is 2.86. The van der Waals surface area contributed by atoms with Gasteiger partial charge in [0, 0.05) is 18.1 Å². The number of rotatable bonds is 2. The molecule has 0 aliphatic rings. The van der Waals surface area contributed by atoms with Crippen LogP contribution >= 0.6 is 0 Å². The van der Waals surface area contributed by atoms with Gasteiger partial charge in [0.25, 0.3) is 0 Å². The normalized spacial score (nSPS) is 10.9. The van der Waals surface area contributed by atoms with E-state index in [1.807, 2.05) is 43.3 Å². The zero-order chi connectivity index (χ0) is 12.5. The first-order chi connectivity index (χ1) is 8.79. The Morgan fingerprint density at radius 3 is 2.78 bits per heavy atom. The van der Waals surface area contributed by atoms with Crippen molar-refractivity contribution in [3.05, 3.63) is 52.7 Å². The van der Waals surface area contributed by atoms with Gasteiger partial charge in [0.15, 0.2) is 5.65 Å². The van der Waals surface area contributed by atoms with Gasteiger partial charge in [-0.15, -0.1) is 0 Å². The van der Waals surface area contributed by atoms with Crippen LogP contribution in [0.25, 0.3) is 16.9 Å². The molecule has 0 saturated carbocycles. The fraction of sp³-hybridized carbons (Fsp3) is 0.154. The second-order valence-corrected chi connectivity index (χ2v) is 4.00. The molecule has 0 unspecified atom stereocenters. The maximum atomic E-state index is 11.6. The molecule has 3 aromatic rings. The van der Waals surface area contributed by atoms with Gasteiger partial charge in [-0.05, 0) is 0 Å². The summed E-state index contributed by atoms with van der Waals surface area (Å²) < 4.78 is 1.51. The van der Waals surface area contributed by atoms with E-state index < -0.39 is 0 Å².